The summed E-state index contributed by atoms with van der Waals surface area (Å²) in [7, 11) is -3.15. The minimum atomic E-state index is -3.15. The second-order valence-electron chi connectivity index (χ2n) is 3.75. The average Bonchev–Trinajstić information content (AvgIpc) is 2.61. The fourth-order valence-electron chi connectivity index (χ4n) is 1.59. The number of hydrogen-bond donors (Lipinski definition) is 1. The molecule has 1 aliphatic heterocycles. The quantitative estimate of drug-likeness (QED) is 0.871. The highest BCUT2D eigenvalue weighted by Gasteiger charge is 2.23. The van der Waals surface area contributed by atoms with Crippen molar-refractivity contribution < 1.29 is 12.8 Å². The molecule has 0 aliphatic carbocycles. The van der Waals surface area contributed by atoms with E-state index in [2.05, 4.69) is 15.3 Å². The van der Waals surface area contributed by atoms with Gasteiger partial charge < -0.3 is 5.32 Å². The molecule has 0 bridgehead atoms. The van der Waals surface area contributed by atoms with Gasteiger partial charge in [-0.15, -0.1) is 0 Å². The minimum Gasteiger partial charge on any atom is -0.360 e. The normalized spacial score (nSPS) is 21.6. The summed E-state index contributed by atoms with van der Waals surface area (Å²) in [5, 5.41) is 3.88. The third-order valence-corrected chi connectivity index (χ3v) is 3.84. The van der Waals surface area contributed by atoms with Crippen LogP contribution < -0.4 is 5.32 Å². The van der Waals surface area contributed by atoms with E-state index in [1.807, 2.05) is 0 Å². The molecule has 0 saturated carbocycles. The monoisotopic (exact) mass is 257 g/mol. The molecule has 17 heavy (non-hydrogen) atoms. The second-order valence-corrected chi connectivity index (χ2v) is 5.68. The maximum Gasteiger partial charge on any atom is 0.186 e. The Balaban J connectivity index is 2.18. The van der Waals surface area contributed by atoms with Gasteiger partial charge in [0.1, 0.15) is 6.33 Å². The highest BCUT2D eigenvalue weighted by Crippen LogP contribution is 2.17. The third kappa shape index (κ3) is 2.60. The summed E-state index contributed by atoms with van der Waals surface area (Å²) in [6.07, 6.45) is 3.21. The van der Waals surface area contributed by atoms with Crippen molar-refractivity contribution >= 4 is 15.7 Å². The van der Waals surface area contributed by atoms with Gasteiger partial charge in [-0.25, -0.2) is 22.8 Å². The van der Waals surface area contributed by atoms with Crippen molar-refractivity contribution in [2.45, 2.75) is 19.4 Å². The Hall–Kier alpha value is -1.50. The zero-order chi connectivity index (χ0) is 12.5. The zero-order valence-electron chi connectivity index (χ0n) is 9.22. The summed E-state index contributed by atoms with van der Waals surface area (Å²) in [6, 6.07) is -0.436. The molecule has 0 fully saturated rings. The van der Waals surface area contributed by atoms with Crippen LogP contribution in [0.15, 0.2) is 17.8 Å². The predicted octanol–water partition coefficient (Wildman–Crippen LogP) is 0.901. The molecule has 5 nitrogen and oxygen atoms in total. The molecule has 7 heteroatoms. The minimum absolute atomic E-state index is 0.0450. The maximum atomic E-state index is 13.8. The van der Waals surface area contributed by atoms with E-state index in [9.17, 15) is 12.8 Å². The van der Waals surface area contributed by atoms with Gasteiger partial charge in [0.15, 0.2) is 21.5 Å². The standard InChI is InChI=1S/C10H12FN3O2S/c1-2-8-9(11)10(13-6-12-8)14-7-3-4-17(15,16)5-7/h3-4,6-7H,2,5H2,1H3,(H,12,13,14). The molecule has 2 heterocycles. The van der Waals surface area contributed by atoms with E-state index in [0.717, 1.165) is 5.41 Å². The number of aryl methyl sites for hydroxylation is 1. The summed E-state index contributed by atoms with van der Waals surface area (Å²) in [6.45, 7) is 1.79. The molecule has 0 aromatic carbocycles. The largest absolute Gasteiger partial charge is 0.360 e. The van der Waals surface area contributed by atoms with Crippen LogP contribution in [0.3, 0.4) is 0 Å². The van der Waals surface area contributed by atoms with Gasteiger partial charge in [-0.2, -0.15) is 0 Å². The number of nitrogens with zero attached hydrogens (tertiary/aromatic N) is 2. The fourth-order valence-corrected chi connectivity index (χ4v) is 2.83. The van der Waals surface area contributed by atoms with Gasteiger partial charge in [0.2, 0.25) is 0 Å². The topological polar surface area (TPSA) is 72.0 Å². The van der Waals surface area contributed by atoms with Gasteiger partial charge in [-0.05, 0) is 12.5 Å². The Kier molecular flexibility index (Phi) is 3.10. The molecule has 1 atom stereocenters. The second kappa shape index (κ2) is 4.40. The first-order chi connectivity index (χ1) is 8.02. The Labute approximate surface area is 98.7 Å². The van der Waals surface area contributed by atoms with E-state index in [1.165, 1.54) is 12.4 Å². The van der Waals surface area contributed by atoms with E-state index in [-0.39, 0.29) is 11.6 Å². The first kappa shape index (κ1) is 12.0. The molecule has 1 N–H and O–H groups in total. The predicted molar refractivity (Wildman–Crippen MR) is 61.7 cm³/mol. The summed E-state index contributed by atoms with van der Waals surface area (Å²) in [4.78, 5) is 7.57. The third-order valence-electron chi connectivity index (χ3n) is 2.45. The Morgan fingerprint density at radius 3 is 2.88 bits per heavy atom. The van der Waals surface area contributed by atoms with Gasteiger partial charge in [0.05, 0.1) is 17.5 Å². The van der Waals surface area contributed by atoms with Crippen LogP contribution in [0.4, 0.5) is 10.2 Å². The molecule has 1 aliphatic rings. The maximum absolute atomic E-state index is 13.8. The van der Waals surface area contributed by atoms with Crippen molar-refractivity contribution in [3.8, 4) is 0 Å². The number of sulfone groups is 1. The van der Waals surface area contributed by atoms with Gasteiger partial charge >= 0.3 is 0 Å². The molecule has 1 aromatic heterocycles. The van der Waals surface area contributed by atoms with Crippen LogP contribution in [0.1, 0.15) is 12.6 Å². The van der Waals surface area contributed by atoms with E-state index in [1.54, 1.807) is 6.92 Å². The molecule has 92 valence electrons. The van der Waals surface area contributed by atoms with Crippen molar-refractivity contribution in [1.29, 1.82) is 0 Å². The van der Waals surface area contributed by atoms with E-state index in [4.69, 9.17) is 0 Å². The first-order valence-electron chi connectivity index (χ1n) is 5.18. The fraction of sp³-hybridized carbons (Fsp3) is 0.400. The van der Waals surface area contributed by atoms with Crippen molar-refractivity contribution in [1.82, 2.24) is 9.97 Å². The Bertz CT molecular complexity index is 557. The summed E-state index contributed by atoms with van der Waals surface area (Å²) in [5.74, 6) is -0.547. The lowest BCUT2D eigenvalue weighted by Gasteiger charge is -2.12. The lowest BCUT2D eigenvalue weighted by atomic mass is 10.3. The van der Waals surface area contributed by atoms with Gasteiger partial charge in [0, 0.05) is 5.41 Å². The van der Waals surface area contributed by atoms with Crippen LogP contribution >= 0.6 is 0 Å². The summed E-state index contributed by atoms with van der Waals surface area (Å²) in [5.41, 5.74) is 0.312. The average molecular weight is 257 g/mol. The van der Waals surface area contributed by atoms with Crippen molar-refractivity contribution in [3.63, 3.8) is 0 Å². The van der Waals surface area contributed by atoms with E-state index in [0.29, 0.717) is 12.1 Å². The molecule has 0 saturated heterocycles. The van der Waals surface area contributed by atoms with Crippen LogP contribution in [0.2, 0.25) is 0 Å². The number of rotatable bonds is 3. The SMILES string of the molecule is CCc1ncnc(NC2C=CS(=O)(=O)C2)c1F. The Morgan fingerprint density at radius 2 is 2.29 bits per heavy atom. The number of halogens is 1. The Morgan fingerprint density at radius 1 is 1.53 bits per heavy atom. The van der Waals surface area contributed by atoms with Crippen molar-refractivity contribution in [2.24, 2.45) is 0 Å². The number of aromatic nitrogens is 2. The van der Waals surface area contributed by atoms with Gasteiger partial charge in [-0.3, -0.25) is 0 Å². The molecule has 1 aromatic rings. The molecule has 2 rings (SSSR count). The number of nitrogens with one attached hydrogen (secondary N) is 1. The van der Waals surface area contributed by atoms with E-state index < -0.39 is 21.7 Å². The summed E-state index contributed by atoms with van der Waals surface area (Å²) < 4.78 is 36.1. The molecule has 0 spiro atoms. The van der Waals surface area contributed by atoms with Crippen LogP contribution in [0.25, 0.3) is 0 Å². The van der Waals surface area contributed by atoms with Gasteiger partial charge in [-0.1, -0.05) is 6.92 Å². The summed E-state index contributed by atoms with van der Waals surface area (Å²) >= 11 is 0. The lowest BCUT2D eigenvalue weighted by molar-refractivity contribution is 0.593. The molecule has 0 radical (unpaired) electrons. The lowest BCUT2D eigenvalue weighted by Crippen LogP contribution is -2.22. The van der Waals surface area contributed by atoms with Crippen molar-refractivity contribution in [3.05, 3.63) is 29.3 Å². The van der Waals surface area contributed by atoms with E-state index >= 15 is 0 Å². The van der Waals surface area contributed by atoms with Crippen LogP contribution in [0, 0.1) is 5.82 Å². The van der Waals surface area contributed by atoms with Crippen LogP contribution in [-0.2, 0) is 16.3 Å². The van der Waals surface area contributed by atoms with Crippen LogP contribution in [-0.4, -0.2) is 30.2 Å². The van der Waals surface area contributed by atoms with Crippen molar-refractivity contribution in [2.75, 3.05) is 11.1 Å². The first-order valence-corrected chi connectivity index (χ1v) is 6.90. The number of anilines is 1. The van der Waals surface area contributed by atoms with Gasteiger partial charge in [0.25, 0.3) is 0 Å². The smallest absolute Gasteiger partial charge is 0.186 e. The molecular formula is C10H12FN3O2S. The zero-order valence-corrected chi connectivity index (χ0v) is 10.0. The number of hydrogen-bond acceptors (Lipinski definition) is 5. The highest BCUT2D eigenvalue weighted by molar-refractivity contribution is 7.94. The molecule has 1 unspecified atom stereocenters. The van der Waals surface area contributed by atoms with Crippen LogP contribution in [0.5, 0.6) is 0 Å². The highest BCUT2D eigenvalue weighted by atomic mass is 32.2. The molecular weight excluding hydrogens is 245 g/mol. The molecule has 0 amide bonds.